The van der Waals surface area contributed by atoms with E-state index in [2.05, 4.69) is 4.98 Å². The summed E-state index contributed by atoms with van der Waals surface area (Å²) in [7, 11) is 1.57. The third kappa shape index (κ3) is 2.74. The topological polar surface area (TPSA) is 64.1 Å². The average Bonchev–Trinajstić information content (AvgIpc) is 2.37. The highest BCUT2D eigenvalue weighted by atomic mass is 35.5. The Bertz CT molecular complexity index is 790. The van der Waals surface area contributed by atoms with Crippen molar-refractivity contribution in [3.05, 3.63) is 55.3 Å². The van der Waals surface area contributed by atoms with Gasteiger partial charge < -0.3 is 4.74 Å². The van der Waals surface area contributed by atoms with E-state index in [-0.39, 0.29) is 11.1 Å². The number of nitrogens with one attached hydrogen (secondary N) is 1. The summed E-state index contributed by atoms with van der Waals surface area (Å²) in [6.45, 7) is 5.55. The van der Waals surface area contributed by atoms with E-state index in [0.717, 1.165) is 10.1 Å². The maximum absolute atomic E-state index is 12.5. The van der Waals surface area contributed by atoms with E-state index in [0.29, 0.717) is 17.0 Å². The second-order valence-electron chi connectivity index (χ2n) is 5.11. The minimum Gasteiger partial charge on any atom is -0.496 e. The lowest BCUT2D eigenvalue weighted by atomic mass is 10.1. The minimum absolute atomic E-state index is 0.0903. The lowest BCUT2D eigenvalue weighted by Gasteiger charge is -2.12. The fourth-order valence-electron chi connectivity index (χ4n) is 2.26. The highest BCUT2D eigenvalue weighted by Crippen LogP contribution is 2.21. The molecule has 1 aromatic heterocycles. The lowest BCUT2D eigenvalue weighted by molar-refractivity contribution is 0.411. The van der Waals surface area contributed by atoms with Crippen LogP contribution < -0.4 is 16.0 Å². The Labute approximate surface area is 127 Å². The van der Waals surface area contributed by atoms with Crippen LogP contribution in [0.2, 0.25) is 5.15 Å². The third-order valence-electron chi connectivity index (χ3n) is 3.30. The summed E-state index contributed by atoms with van der Waals surface area (Å²) in [4.78, 5) is 27.2. The lowest BCUT2D eigenvalue weighted by Crippen LogP contribution is -2.36. The maximum Gasteiger partial charge on any atom is 0.334 e. The standard InChI is InChI=1S/C15H17ClN2O3/c1-8(2)12-13(16)17-15(20)18(14(12)19)10-5-6-11(21-4)9(3)7-10/h5-8H,1-4H3,(H,17,20). The van der Waals surface area contributed by atoms with Gasteiger partial charge in [0, 0.05) is 0 Å². The molecule has 0 saturated carbocycles. The number of halogens is 1. The molecule has 0 fully saturated rings. The van der Waals surface area contributed by atoms with E-state index in [1.54, 1.807) is 25.3 Å². The number of methoxy groups -OCH3 is 1. The Morgan fingerprint density at radius 2 is 1.95 bits per heavy atom. The molecule has 0 amide bonds. The number of aromatic nitrogens is 2. The molecular formula is C15H17ClN2O3. The third-order valence-corrected chi connectivity index (χ3v) is 3.60. The summed E-state index contributed by atoms with van der Waals surface area (Å²) < 4.78 is 6.27. The smallest absolute Gasteiger partial charge is 0.334 e. The Morgan fingerprint density at radius 3 is 2.48 bits per heavy atom. The van der Waals surface area contributed by atoms with Gasteiger partial charge in [-0.1, -0.05) is 25.4 Å². The van der Waals surface area contributed by atoms with Crippen LogP contribution >= 0.6 is 11.6 Å². The van der Waals surface area contributed by atoms with Crippen molar-refractivity contribution >= 4 is 11.6 Å². The monoisotopic (exact) mass is 308 g/mol. The van der Waals surface area contributed by atoms with E-state index in [1.165, 1.54) is 0 Å². The van der Waals surface area contributed by atoms with Gasteiger partial charge in [0.2, 0.25) is 0 Å². The summed E-state index contributed by atoms with van der Waals surface area (Å²) in [6.07, 6.45) is 0. The predicted octanol–water partition coefficient (Wildman–Crippen LogP) is 2.62. The minimum atomic E-state index is -0.557. The second kappa shape index (κ2) is 5.77. The van der Waals surface area contributed by atoms with Crippen molar-refractivity contribution in [1.82, 2.24) is 9.55 Å². The summed E-state index contributed by atoms with van der Waals surface area (Å²) in [5, 5.41) is 0.0986. The molecule has 1 N–H and O–H groups in total. The van der Waals surface area contributed by atoms with Crippen molar-refractivity contribution in [3.8, 4) is 11.4 Å². The van der Waals surface area contributed by atoms with Crippen LogP contribution in [0, 0.1) is 6.92 Å². The molecule has 0 bridgehead atoms. The Hall–Kier alpha value is -2.01. The van der Waals surface area contributed by atoms with E-state index in [9.17, 15) is 9.59 Å². The fraction of sp³-hybridized carbons (Fsp3) is 0.333. The van der Waals surface area contributed by atoms with Gasteiger partial charge in [-0.05, 0) is 36.6 Å². The zero-order chi connectivity index (χ0) is 15.7. The molecule has 5 nitrogen and oxygen atoms in total. The fourth-order valence-corrected chi connectivity index (χ4v) is 2.64. The van der Waals surface area contributed by atoms with Crippen molar-refractivity contribution in [3.63, 3.8) is 0 Å². The van der Waals surface area contributed by atoms with Crippen LogP contribution in [-0.2, 0) is 0 Å². The van der Waals surface area contributed by atoms with Crippen molar-refractivity contribution in [2.24, 2.45) is 0 Å². The molecule has 2 aromatic rings. The van der Waals surface area contributed by atoms with Crippen molar-refractivity contribution in [2.75, 3.05) is 7.11 Å². The van der Waals surface area contributed by atoms with Gasteiger partial charge in [-0.15, -0.1) is 0 Å². The molecule has 2 rings (SSSR count). The number of ether oxygens (including phenoxy) is 1. The number of hydrogen-bond acceptors (Lipinski definition) is 3. The highest BCUT2D eigenvalue weighted by molar-refractivity contribution is 6.30. The van der Waals surface area contributed by atoms with Gasteiger partial charge in [0.25, 0.3) is 5.56 Å². The number of hydrogen-bond donors (Lipinski definition) is 1. The summed E-state index contributed by atoms with van der Waals surface area (Å²) >= 11 is 5.98. The first-order valence-corrected chi connectivity index (χ1v) is 6.94. The van der Waals surface area contributed by atoms with Crippen molar-refractivity contribution in [2.45, 2.75) is 26.7 Å². The van der Waals surface area contributed by atoms with Gasteiger partial charge in [0.15, 0.2) is 0 Å². The Kier molecular flexibility index (Phi) is 4.23. The molecule has 0 unspecified atom stereocenters. The first-order valence-electron chi connectivity index (χ1n) is 6.56. The van der Waals surface area contributed by atoms with Crippen molar-refractivity contribution in [1.29, 1.82) is 0 Å². The predicted molar refractivity (Wildman–Crippen MR) is 83.0 cm³/mol. The molecule has 0 aliphatic carbocycles. The summed E-state index contributed by atoms with van der Waals surface area (Å²) in [5.41, 5.74) is 0.757. The van der Waals surface area contributed by atoms with Gasteiger partial charge in [0.1, 0.15) is 10.9 Å². The molecule has 6 heteroatoms. The Morgan fingerprint density at radius 1 is 1.29 bits per heavy atom. The molecule has 21 heavy (non-hydrogen) atoms. The van der Waals surface area contributed by atoms with Gasteiger partial charge in [-0.3, -0.25) is 9.78 Å². The zero-order valence-electron chi connectivity index (χ0n) is 12.4. The van der Waals surface area contributed by atoms with E-state index in [4.69, 9.17) is 16.3 Å². The number of aryl methyl sites for hydroxylation is 1. The molecule has 1 aromatic carbocycles. The summed E-state index contributed by atoms with van der Waals surface area (Å²) in [5.74, 6) is 0.605. The number of rotatable bonds is 3. The first kappa shape index (κ1) is 15.4. The molecular weight excluding hydrogens is 292 g/mol. The van der Waals surface area contributed by atoms with Crippen molar-refractivity contribution < 1.29 is 4.74 Å². The largest absolute Gasteiger partial charge is 0.496 e. The molecule has 0 aliphatic rings. The SMILES string of the molecule is COc1ccc(-n2c(=O)[nH]c(Cl)c(C(C)C)c2=O)cc1C. The second-order valence-corrected chi connectivity index (χ2v) is 5.48. The van der Waals surface area contributed by atoms with Gasteiger partial charge in [-0.25, -0.2) is 9.36 Å². The molecule has 0 aliphatic heterocycles. The van der Waals surface area contributed by atoms with Crippen LogP contribution in [0.5, 0.6) is 5.75 Å². The molecule has 112 valence electrons. The molecule has 0 spiro atoms. The van der Waals surface area contributed by atoms with Gasteiger partial charge in [0.05, 0.1) is 18.4 Å². The van der Waals surface area contributed by atoms with Crippen LogP contribution in [0.3, 0.4) is 0 Å². The summed E-state index contributed by atoms with van der Waals surface area (Å²) in [6, 6.07) is 5.12. The first-order chi connectivity index (χ1) is 9.86. The van der Waals surface area contributed by atoms with E-state index in [1.807, 2.05) is 20.8 Å². The number of H-pyrrole nitrogens is 1. The van der Waals surface area contributed by atoms with Crippen LogP contribution in [0.25, 0.3) is 5.69 Å². The molecule has 0 atom stereocenters. The van der Waals surface area contributed by atoms with Gasteiger partial charge >= 0.3 is 5.69 Å². The quantitative estimate of drug-likeness (QED) is 0.887. The molecule has 1 heterocycles. The van der Waals surface area contributed by atoms with Crippen LogP contribution in [0.1, 0.15) is 30.9 Å². The van der Waals surface area contributed by atoms with Crippen LogP contribution in [0.4, 0.5) is 0 Å². The van der Waals surface area contributed by atoms with Gasteiger partial charge in [-0.2, -0.15) is 0 Å². The number of nitrogens with zero attached hydrogens (tertiary/aromatic N) is 1. The van der Waals surface area contributed by atoms with E-state index < -0.39 is 11.2 Å². The Balaban J connectivity index is 2.76. The van der Waals surface area contributed by atoms with Crippen LogP contribution in [-0.4, -0.2) is 16.7 Å². The molecule has 0 radical (unpaired) electrons. The normalized spacial score (nSPS) is 11.0. The number of benzene rings is 1. The maximum atomic E-state index is 12.5. The van der Waals surface area contributed by atoms with E-state index >= 15 is 0 Å². The average molecular weight is 309 g/mol. The highest BCUT2D eigenvalue weighted by Gasteiger charge is 2.17. The number of aromatic amines is 1. The zero-order valence-corrected chi connectivity index (χ0v) is 13.1. The molecule has 0 saturated heterocycles. The van der Waals surface area contributed by atoms with Crippen LogP contribution in [0.15, 0.2) is 27.8 Å².